The molecular formula is C22H28N4O2. The summed E-state index contributed by atoms with van der Waals surface area (Å²) in [6, 6.07) is 12.9. The van der Waals surface area contributed by atoms with E-state index in [0.717, 1.165) is 38.8 Å². The van der Waals surface area contributed by atoms with E-state index in [2.05, 4.69) is 47.3 Å². The second-order valence-corrected chi connectivity index (χ2v) is 7.96. The molecule has 2 fully saturated rings. The van der Waals surface area contributed by atoms with Gasteiger partial charge in [-0.2, -0.15) is 0 Å². The van der Waals surface area contributed by atoms with Crippen LogP contribution in [0.25, 0.3) is 0 Å². The Hall–Kier alpha value is -2.47. The normalized spacial score (nSPS) is 25.8. The predicted molar refractivity (Wildman–Crippen MR) is 108 cm³/mol. The molecule has 2 saturated heterocycles. The number of carbonyl (C=O) groups is 1. The average Bonchev–Trinajstić information content (AvgIpc) is 2.91. The van der Waals surface area contributed by atoms with Gasteiger partial charge in [-0.3, -0.25) is 9.36 Å². The van der Waals surface area contributed by atoms with Gasteiger partial charge < -0.3 is 9.80 Å². The van der Waals surface area contributed by atoms with Crippen LogP contribution in [-0.2, 0) is 11.3 Å². The van der Waals surface area contributed by atoms with Gasteiger partial charge in [0.2, 0.25) is 5.91 Å². The largest absolute Gasteiger partial charge is 0.347 e. The monoisotopic (exact) mass is 380 g/mol. The van der Waals surface area contributed by atoms with E-state index in [-0.39, 0.29) is 24.2 Å². The van der Waals surface area contributed by atoms with E-state index < -0.39 is 0 Å². The summed E-state index contributed by atoms with van der Waals surface area (Å²) in [5.41, 5.74) is 0.992. The summed E-state index contributed by atoms with van der Waals surface area (Å²) in [7, 11) is 2.19. The quantitative estimate of drug-likeness (QED) is 0.818. The molecule has 1 aromatic carbocycles. The predicted octanol–water partition coefficient (Wildman–Crippen LogP) is 2.11. The van der Waals surface area contributed by atoms with E-state index in [9.17, 15) is 9.59 Å². The van der Waals surface area contributed by atoms with E-state index in [1.807, 2.05) is 4.90 Å². The fraction of sp³-hybridized carbons (Fsp3) is 0.500. The SMILES string of the molecule is CN1CCCC[C@@H]2[C@H]1[C@@H](c1ccccc1)CCN2C(=O)Cn1cccnc1=O. The Kier molecular flexibility index (Phi) is 5.57. The number of benzene rings is 1. The molecule has 1 amide bonds. The van der Waals surface area contributed by atoms with Crippen LogP contribution in [0.5, 0.6) is 0 Å². The number of likely N-dealkylation sites (tertiary alicyclic amines) is 2. The van der Waals surface area contributed by atoms with Gasteiger partial charge >= 0.3 is 5.69 Å². The van der Waals surface area contributed by atoms with Gasteiger partial charge in [0, 0.05) is 36.9 Å². The van der Waals surface area contributed by atoms with Crippen LogP contribution in [0.4, 0.5) is 0 Å². The molecule has 0 aliphatic carbocycles. The molecule has 1 aromatic heterocycles. The lowest BCUT2D eigenvalue weighted by Crippen LogP contribution is -2.59. The van der Waals surface area contributed by atoms with Crippen LogP contribution in [0.15, 0.2) is 53.6 Å². The van der Waals surface area contributed by atoms with Crippen molar-refractivity contribution in [1.82, 2.24) is 19.4 Å². The third-order valence-electron chi connectivity index (χ3n) is 6.29. The first kappa shape index (κ1) is 18.9. The van der Waals surface area contributed by atoms with Crippen molar-refractivity contribution in [3.8, 4) is 0 Å². The molecule has 0 N–H and O–H groups in total. The van der Waals surface area contributed by atoms with Gasteiger partial charge in [0.15, 0.2) is 0 Å². The fourth-order valence-electron chi connectivity index (χ4n) is 4.98. The van der Waals surface area contributed by atoms with E-state index in [0.29, 0.717) is 12.0 Å². The number of likely N-dealkylation sites (N-methyl/N-ethyl adjacent to an activating group) is 1. The van der Waals surface area contributed by atoms with Gasteiger partial charge in [-0.25, -0.2) is 9.78 Å². The number of piperidine rings is 1. The zero-order valence-corrected chi connectivity index (χ0v) is 16.4. The highest BCUT2D eigenvalue weighted by Crippen LogP contribution is 2.38. The molecule has 0 bridgehead atoms. The molecular weight excluding hydrogens is 352 g/mol. The number of hydrogen-bond acceptors (Lipinski definition) is 4. The summed E-state index contributed by atoms with van der Waals surface area (Å²) in [6.07, 6.45) is 7.36. The summed E-state index contributed by atoms with van der Waals surface area (Å²) in [6.45, 7) is 1.87. The molecule has 6 nitrogen and oxygen atoms in total. The van der Waals surface area contributed by atoms with Crippen molar-refractivity contribution in [1.29, 1.82) is 0 Å². The first-order valence-electron chi connectivity index (χ1n) is 10.2. The van der Waals surface area contributed by atoms with Crippen LogP contribution in [0.2, 0.25) is 0 Å². The molecule has 0 spiro atoms. The molecule has 2 aliphatic heterocycles. The minimum Gasteiger partial charge on any atom is -0.337 e. The van der Waals surface area contributed by atoms with Gasteiger partial charge in [0.05, 0.1) is 0 Å². The van der Waals surface area contributed by atoms with Gasteiger partial charge in [-0.15, -0.1) is 0 Å². The number of rotatable bonds is 3. The maximum Gasteiger partial charge on any atom is 0.347 e. The number of nitrogens with zero attached hydrogens (tertiary/aromatic N) is 4. The topological polar surface area (TPSA) is 58.4 Å². The highest BCUT2D eigenvalue weighted by Gasteiger charge is 2.43. The highest BCUT2D eigenvalue weighted by atomic mass is 16.2. The third-order valence-corrected chi connectivity index (χ3v) is 6.29. The average molecular weight is 380 g/mol. The summed E-state index contributed by atoms with van der Waals surface area (Å²) in [5.74, 6) is 0.450. The van der Waals surface area contributed by atoms with Crippen molar-refractivity contribution < 1.29 is 4.79 Å². The number of hydrogen-bond donors (Lipinski definition) is 0. The van der Waals surface area contributed by atoms with Crippen LogP contribution in [0, 0.1) is 0 Å². The third kappa shape index (κ3) is 3.74. The fourth-order valence-corrected chi connectivity index (χ4v) is 4.98. The van der Waals surface area contributed by atoms with E-state index in [1.165, 1.54) is 16.3 Å². The first-order chi connectivity index (χ1) is 13.6. The van der Waals surface area contributed by atoms with Crippen LogP contribution in [0.3, 0.4) is 0 Å². The lowest BCUT2D eigenvalue weighted by atomic mass is 9.79. The summed E-state index contributed by atoms with van der Waals surface area (Å²) < 4.78 is 1.40. The van der Waals surface area contributed by atoms with Crippen molar-refractivity contribution in [2.24, 2.45) is 0 Å². The number of aromatic nitrogens is 2. The second-order valence-electron chi connectivity index (χ2n) is 7.96. The van der Waals surface area contributed by atoms with Crippen molar-refractivity contribution in [3.05, 3.63) is 64.8 Å². The number of amides is 1. The van der Waals surface area contributed by atoms with Gasteiger partial charge in [-0.05, 0) is 44.5 Å². The van der Waals surface area contributed by atoms with Crippen molar-refractivity contribution >= 4 is 5.91 Å². The minimum atomic E-state index is -0.371. The summed E-state index contributed by atoms with van der Waals surface area (Å²) >= 11 is 0. The van der Waals surface area contributed by atoms with Crippen LogP contribution >= 0.6 is 0 Å². The lowest BCUT2D eigenvalue weighted by molar-refractivity contribution is -0.138. The van der Waals surface area contributed by atoms with E-state index in [4.69, 9.17) is 0 Å². The molecule has 4 rings (SSSR count). The molecule has 3 atom stereocenters. The summed E-state index contributed by atoms with van der Waals surface area (Å²) in [5, 5.41) is 0. The molecule has 0 radical (unpaired) electrons. The van der Waals surface area contributed by atoms with Gasteiger partial charge in [-0.1, -0.05) is 36.8 Å². The van der Waals surface area contributed by atoms with Crippen molar-refractivity contribution in [3.63, 3.8) is 0 Å². The van der Waals surface area contributed by atoms with Gasteiger partial charge in [0.1, 0.15) is 6.54 Å². The van der Waals surface area contributed by atoms with Crippen LogP contribution in [0.1, 0.15) is 37.2 Å². The standard InChI is InChI=1S/C22H28N4O2/c1-24-13-6-5-10-19-21(24)18(17-8-3-2-4-9-17)11-15-26(19)20(27)16-25-14-7-12-23-22(25)28/h2-4,7-9,12,14,18-19,21H,5-6,10-11,13,15-16H2,1H3/t18-,19-,21-/m1/s1. The van der Waals surface area contributed by atoms with E-state index in [1.54, 1.807) is 12.3 Å². The summed E-state index contributed by atoms with van der Waals surface area (Å²) in [4.78, 5) is 33.3. The van der Waals surface area contributed by atoms with E-state index >= 15 is 0 Å². The Labute approximate surface area is 165 Å². The van der Waals surface area contributed by atoms with Crippen molar-refractivity contribution in [2.75, 3.05) is 20.1 Å². The molecule has 2 aliphatic rings. The molecule has 3 heterocycles. The zero-order valence-electron chi connectivity index (χ0n) is 16.4. The van der Waals surface area contributed by atoms with Crippen LogP contribution < -0.4 is 5.69 Å². The molecule has 2 aromatic rings. The number of carbonyl (C=O) groups excluding carboxylic acids is 1. The Morgan fingerprint density at radius 1 is 1.11 bits per heavy atom. The Bertz CT molecular complexity index is 866. The molecule has 0 saturated carbocycles. The van der Waals surface area contributed by atoms with Crippen molar-refractivity contribution in [2.45, 2.75) is 50.2 Å². The lowest BCUT2D eigenvalue weighted by Gasteiger charge is -2.48. The Balaban J connectivity index is 1.61. The van der Waals surface area contributed by atoms with Gasteiger partial charge in [0.25, 0.3) is 0 Å². The molecule has 6 heteroatoms. The maximum absolute atomic E-state index is 13.2. The minimum absolute atomic E-state index is 0.0203. The second kappa shape index (κ2) is 8.27. The smallest absolute Gasteiger partial charge is 0.337 e. The first-order valence-corrected chi connectivity index (χ1v) is 10.2. The Morgan fingerprint density at radius 3 is 2.71 bits per heavy atom. The number of fused-ring (bicyclic) bond motifs is 1. The molecule has 0 unspecified atom stereocenters. The Morgan fingerprint density at radius 2 is 1.93 bits per heavy atom. The molecule has 148 valence electrons. The highest BCUT2D eigenvalue weighted by molar-refractivity contribution is 5.76. The van der Waals surface area contributed by atoms with Crippen LogP contribution in [-0.4, -0.2) is 57.5 Å². The zero-order chi connectivity index (χ0) is 19.5. The molecule has 28 heavy (non-hydrogen) atoms. The maximum atomic E-state index is 13.2.